The van der Waals surface area contributed by atoms with Crippen LogP contribution in [-0.2, 0) is 17.9 Å². The quantitative estimate of drug-likeness (QED) is 0.476. The molecule has 126 valence electrons. The second-order valence-electron chi connectivity index (χ2n) is 5.48. The summed E-state index contributed by atoms with van der Waals surface area (Å²) in [6, 6.07) is 11.4. The van der Waals surface area contributed by atoms with Crippen molar-refractivity contribution in [2.24, 2.45) is 0 Å². The van der Waals surface area contributed by atoms with E-state index in [2.05, 4.69) is 4.98 Å². The third-order valence-electron chi connectivity index (χ3n) is 3.83. The summed E-state index contributed by atoms with van der Waals surface area (Å²) >= 11 is 1.62. The Morgan fingerprint density at radius 3 is 2.71 bits per heavy atom. The molecule has 0 bridgehead atoms. The van der Waals surface area contributed by atoms with Gasteiger partial charge in [-0.15, -0.1) is 0 Å². The van der Waals surface area contributed by atoms with Crippen molar-refractivity contribution >= 4 is 17.9 Å². The molecule has 1 aliphatic rings. The molecule has 0 saturated carbocycles. The Hall–Kier alpha value is -2.09. The standard InChI is InChI=1S/C17H19N3O3S/c21-17(19-22)16-7-10-24-20(16)11-13-1-3-15(4-2-13)23-12-14-5-8-18-9-6-14/h1-6,8-9,16,22H,7,10-12H2,(H,19,21)/t16-/m1/s1. The number of hydrogen-bond acceptors (Lipinski definition) is 6. The second-order valence-corrected chi connectivity index (χ2v) is 6.61. The maximum Gasteiger partial charge on any atom is 0.261 e. The molecule has 1 aromatic heterocycles. The topological polar surface area (TPSA) is 74.7 Å². The van der Waals surface area contributed by atoms with Crippen LogP contribution in [0.2, 0.25) is 0 Å². The number of amides is 1. The van der Waals surface area contributed by atoms with Gasteiger partial charge in [-0.3, -0.25) is 15.0 Å². The first-order valence-corrected chi connectivity index (χ1v) is 8.64. The highest BCUT2D eigenvalue weighted by atomic mass is 32.2. The summed E-state index contributed by atoms with van der Waals surface area (Å²) in [6.45, 7) is 1.15. The van der Waals surface area contributed by atoms with Crippen LogP contribution in [-0.4, -0.2) is 32.2 Å². The van der Waals surface area contributed by atoms with Crippen LogP contribution in [0.1, 0.15) is 17.5 Å². The van der Waals surface area contributed by atoms with E-state index in [1.807, 2.05) is 40.7 Å². The molecule has 0 spiro atoms. The smallest absolute Gasteiger partial charge is 0.261 e. The summed E-state index contributed by atoms with van der Waals surface area (Å²) in [5.41, 5.74) is 3.91. The van der Waals surface area contributed by atoms with Gasteiger partial charge in [-0.2, -0.15) is 0 Å². The highest BCUT2D eigenvalue weighted by Crippen LogP contribution is 2.29. The Morgan fingerprint density at radius 2 is 2.00 bits per heavy atom. The first-order valence-electron chi connectivity index (χ1n) is 7.70. The molecule has 0 aliphatic carbocycles. The molecule has 1 atom stereocenters. The van der Waals surface area contributed by atoms with Gasteiger partial charge < -0.3 is 4.74 Å². The van der Waals surface area contributed by atoms with E-state index in [1.165, 1.54) is 0 Å². The van der Waals surface area contributed by atoms with Gasteiger partial charge in [-0.05, 0) is 41.8 Å². The lowest BCUT2D eigenvalue weighted by Gasteiger charge is -2.21. The molecule has 0 unspecified atom stereocenters. The maximum atomic E-state index is 11.6. The Morgan fingerprint density at radius 1 is 1.25 bits per heavy atom. The number of nitrogens with one attached hydrogen (secondary N) is 1. The predicted molar refractivity (Wildman–Crippen MR) is 91.3 cm³/mol. The van der Waals surface area contributed by atoms with E-state index in [1.54, 1.807) is 29.8 Å². The Labute approximate surface area is 144 Å². The van der Waals surface area contributed by atoms with Crippen molar-refractivity contribution in [2.75, 3.05) is 5.75 Å². The number of rotatable bonds is 6. The zero-order chi connectivity index (χ0) is 16.8. The Kier molecular flexibility index (Phi) is 5.68. The van der Waals surface area contributed by atoms with Crippen molar-refractivity contribution in [3.8, 4) is 5.75 Å². The highest BCUT2D eigenvalue weighted by molar-refractivity contribution is 7.97. The van der Waals surface area contributed by atoms with Crippen LogP contribution in [0.25, 0.3) is 0 Å². The minimum atomic E-state index is -0.350. The molecule has 1 aliphatic heterocycles. The second kappa shape index (κ2) is 8.14. The number of aromatic nitrogens is 1. The molecule has 1 fully saturated rings. The van der Waals surface area contributed by atoms with Crippen LogP contribution in [0.3, 0.4) is 0 Å². The zero-order valence-corrected chi connectivity index (χ0v) is 13.9. The SMILES string of the molecule is O=C(NO)[C@H]1CCSN1Cc1ccc(OCc2ccncc2)cc1. The first kappa shape index (κ1) is 16.8. The molecule has 1 aromatic carbocycles. The van der Waals surface area contributed by atoms with E-state index in [0.717, 1.165) is 29.1 Å². The fraction of sp³-hybridized carbons (Fsp3) is 0.294. The third kappa shape index (κ3) is 4.25. The van der Waals surface area contributed by atoms with E-state index < -0.39 is 0 Å². The van der Waals surface area contributed by atoms with Crippen LogP contribution < -0.4 is 10.2 Å². The fourth-order valence-corrected chi connectivity index (χ4v) is 3.71. The van der Waals surface area contributed by atoms with Gasteiger partial charge in [-0.25, -0.2) is 9.79 Å². The molecule has 6 nitrogen and oxygen atoms in total. The first-order chi connectivity index (χ1) is 11.8. The van der Waals surface area contributed by atoms with E-state index in [-0.39, 0.29) is 11.9 Å². The van der Waals surface area contributed by atoms with Crippen LogP contribution in [0.5, 0.6) is 5.75 Å². The fourth-order valence-electron chi connectivity index (χ4n) is 2.52. The van der Waals surface area contributed by atoms with Crippen LogP contribution in [0.4, 0.5) is 0 Å². The average Bonchev–Trinajstić information content (AvgIpc) is 3.09. The highest BCUT2D eigenvalue weighted by Gasteiger charge is 2.31. The number of carbonyl (C=O) groups excluding carboxylic acids is 1. The van der Waals surface area contributed by atoms with Gasteiger partial charge in [0, 0.05) is 24.7 Å². The summed E-state index contributed by atoms with van der Waals surface area (Å²) in [6.07, 6.45) is 4.23. The van der Waals surface area contributed by atoms with Gasteiger partial charge in [0.2, 0.25) is 0 Å². The number of hydrogen-bond donors (Lipinski definition) is 2. The molecular weight excluding hydrogens is 326 g/mol. The largest absolute Gasteiger partial charge is 0.489 e. The van der Waals surface area contributed by atoms with Crippen molar-refractivity contribution in [2.45, 2.75) is 25.6 Å². The molecule has 7 heteroatoms. The Bertz CT molecular complexity index is 667. The minimum absolute atomic E-state index is 0.289. The third-order valence-corrected chi connectivity index (χ3v) is 4.96. The van der Waals surface area contributed by atoms with E-state index in [0.29, 0.717) is 13.2 Å². The lowest BCUT2D eigenvalue weighted by atomic mass is 10.1. The van der Waals surface area contributed by atoms with E-state index in [4.69, 9.17) is 9.94 Å². The number of ether oxygens (including phenoxy) is 1. The van der Waals surface area contributed by atoms with Crippen LogP contribution in [0, 0.1) is 0 Å². The van der Waals surface area contributed by atoms with Gasteiger partial charge in [0.25, 0.3) is 5.91 Å². The van der Waals surface area contributed by atoms with E-state index >= 15 is 0 Å². The summed E-state index contributed by atoms with van der Waals surface area (Å²) in [4.78, 5) is 15.6. The summed E-state index contributed by atoms with van der Waals surface area (Å²) in [5.74, 6) is 1.33. The minimum Gasteiger partial charge on any atom is -0.489 e. The molecule has 2 N–H and O–H groups in total. The van der Waals surface area contributed by atoms with Gasteiger partial charge in [-0.1, -0.05) is 24.1 Å². The number of nitrogens with zero attached hydrogens (tertiary/aromatic N) is 2. The monoisotopic (exact) mass is 345 g/mol. The molecule has 1 saturated heterocycles. The molecule has 2 heterocycles. The zero-order valence-electron chi connectivity index (χ0n) is 13.1. The molecule has 2 aromatic rings. The number of benzene rings is 1. The van der Waals surface area contributed by atoms with Gasteiger partial charge >= 0.3 is 0 Å². The molecule has 24 heavy (non-hydrogen) atoms. The predicted octanol–water partition coefficient (Wildman–Crippen LogP) is 2.39. The van der Waals surface area contributed by atoms with Crippen LogP contribution >= 0.6 is 11.9 Å². The Balaban J connectivity index is 1.55. The maximum absolute atomic E-state index is 11.6. The van der Waals surface area contributed by atoms with Crippen molar-refractivity contribution in [1.82, 2.24) is 14.8 Å². The number of pyridine rings is 1. The summed E-state index contributed by atoms with van der Waals surface area (Å²) in [7, 11) is 0. The molecule has 3 rings (SSSR count). The van der Waals surface area contributed by atoms with Crippen molar-refractivity contribution < 1.29 is 14.7 Å². The lowest BCUT2D eigenvalue weighted by Crippen LogP contribution is -2.39. The van der Waals surface area contributed by atoms with Crippen molar-refractivity contribution in [1.29, 1.82) is 0 Å². The normalized spacial score (nSPS) is 17.6. The molecular formula is C17H19N3O3S. The van der Waals surface area contributed by atoms with Crippen LogP contribution in [0.15, 0.2) is 48.8 Å². The van der Waals surface area contributed by atoms with Gasteiger partial charge in [0.1, 0.15) is 18.4 Å². The summed E-state index contributed by atoms with van der Waals surface area (Å²) in [5, 5.41) is 8.81. The van der Waals surface area contributed by atoms with Gasteiger partial charge in [0.05, 0.1) is 0 Å². The number of hydroxylamine groups is 1. The molecule has 1 amide bonds. The lowest BCUT2D eigenvalue weighted by molar-refractivity contribution is -0.132. The average molecular weight is 345 g/mol. The summed E-state index contributed by atoms with van der Waals surface area (Å²) < 4.78 is 7.75. The van der Waals surface area contributed by atoms with Crippen molar-refractivity contribution in [3.05, 3.63) is 59.9 Å². The van der Waals surface area contributed by atoms with Gasteiger partial charge in [0.15, 0.2) is 0 Å². The molecule has 0 radical (unpaired) electrons. The number of carbonyl (C=O) groups is 1. The van der Waals surface area contributed by atoms with Crippen molar-refractivity contribution in [3.63, 3.8) is 0 Å². The van der Waals surface area contributed by atoms with E-state index in [9.17, 15) is 4.79 Å².